The third-order valence-corrected chi connectivity index (χ3v) is 6.45. The fraction of sp³-hybridized carbons (Fsp3) is 0.538. The fourth-order valence-corrected chi connectivity index (χ4v) is 4.67. The first kappa shape index (κ1) is 20.0. The number of hydrogen-bond donors (Lipinski definition) is 0. The van der Waals surface area contributed by atoms with E-state index in [1.807, 2.05) is 0 Å². The number of rotatable bonds is 8. The molecule has 0 N–H and O–H groups in total. The Hall–Kier alpha value is -1.76. The SMILES string of the molecule is CCCCCC1CCC(c2ccc(-c3ccc(OC)cc3CC)cc2)CC1. The van der Waals surface area contributed by atoms with Crippen LogP contribution in [-0.2, 0) is 6.42 Å². The van der Waals surface area contributed by atoms with E-state index in [4.69, 9.17) is 4.74 Å². The summed E-state index contributed by atoms with van der Waals surface area (Å²) < 4.78 is 5.39. The molecule has 1 saturated carbocycles. The number of hydrogen-bond acceptors (Lipinski definition) is 1. The smallest absolute Gasteiger partial charge is 0.119 e. The summed E-state index contributed by atoms with van der Waals surface area (Å²) >= 11 is 0. The highest BCUT2D eigenvalue weighted by Gasteiger charge is 2.22. The van der Waals surface area contributed by atoms with Gasteiger partial charge < -0.3 is 4.74 Å². The van der Waals surface area contributed by atoms with Crippen LogP contribution in [0.25, 0.3) is 11.1 Å². The predicted octanol–water partition coefficient (Wildman–Crippen LogP) is 7.78. The molecule has 0 spiro atoms. The Kier molecular flexibility index (Phi) is 7.38. The van der Waals surface area contributed by atoms with Crippen molar-refractivity contribution in [3.63, 3.8) is 0 Å². The van der Waals surface area contributed by atoms with Gasteiger partial charge in [0.1, 0.15) is 5.75 Å². The molecule has 0 amide bonds. The number of ether oxygens (including phenoxy) is 1. The van der Waals surface area contributed by atoms with Gasteiger partial charge in [-0.25, -0.2) is 0 Å². The molecule has 3 rings (SSSR count). The van der Waals surface area contributed by atoms with Crippen LogP contribution in [0.1, 0.15) is 82.3 Å². The minimum atomic E-state index is 0.767. The maximum absolute atomic E-state index is 5.39. The molecule has 1 nitrogen and oxygen atoms in total. The zero-order chi connectivity index (χ0) is 19.1. The molecular weight excluding hydrogens is 328 g/mol. The molecule has 0 saturated heterocycles. The van der Waals surface area contributed by atoms with Gasteiger partial charge in [-0.3, -0.25) is 0 Å². The van der Waals surface area contributed by atoms with Gasteiger partial charge in [-0.05, 0) is 78.3 Å². The number of aryl methyl sites for hydroxylation is 1. The van der Waals surface area contributed by atoms with E-state index in [1.165, 1.54) is 73.6 Å². The Labute approximate surface area is 166 Å². The summed E-state index contributed by atoms with van der Waals surface area (Å²) in [4.78, 5) is 0. The maximum atomic E-state index is 5.39. The molecule has 1 fully saturated rings. The highest BCUT2D eigenvalue weighted by molar-refractivity contribution is 5.68. The van der Waals surface area contributed by atoms with Gasteiger partial charge in [0.25, 0.3) is 0 Å². The summed E-state index contributed by atoms with van der Waals surface area (Å²) in [7, 11) is 1.74. The molecule has 2 aromatic rings. The van der Waals surface area contributed by atoms with Crippen LogP contribution in [-0.4, -0.2) is 7.11 Å². The van der Waals surface area contributed by atoms with E-state index in [2.05, 4.69) is 56.3 Å². The standard InChI is InChI=1S/C26H36O/c1-4-6-7-8-20-9-11-22(12-10-20)23-13-15-24(16-14-23)26-18-17-25(27-3)19-21(26)5-2/h13-20,22H,4-12H2,1-3H3. The molecule has 0 atom stereocenters. The quantitative estimate of drug-likeness (QED) is 0.434. The molecule has 0 aliphatic heterocycles. The summed E-state index contributed by atoms with van der Waals surface area (Å²) in [5.74, 6) is 2.70. The molecule has 0 bridgehead atoms. The molecule has 1 aliphatic carbocycles. The number of unbranched alkanes of at least 4 members (excludes halogenated alkanes) is 2. The lowest BCUT2D eigenvalue weighted by Gasteiger charge is -2.29. The highest BCUT2D eigenvalue weighted by Crippen LogP contribution is 2.38. The molecule has 0 radical (unpaired) electrons. The van der Waals surface area contributed by atoms with Crippen molar-refractivity contribution in [2.45, 2.75) is 77.6 Å². The summed E-state index contributed by atoms with van der Waals surface area (Å²) in [5.41, 5.74) is 5.56. The second-order valence-electron chi connectivity index (χ2n) is 8.21. The molecule has 0 unspecified atom stereocenters. The van der Waals surface area contributed by atoms with Crippen LogP contribution < -0.4 is 4.74 Å². The Morgan fingerprint density at radius 1 is 0.889 bits per heavy atom. The third kappa shape index (κ3) is 5.15. The van der Waals surface area contributed by atoms with Gasteiger partial charge in [-0.1, -0.05) is 69.9 Å². The third-order valence-electron chi connectivity index (χ3n) is 6.45. The number of methoxy groups -OCH3 is 1. The summed E-state index contributed by atoms with van der Waals surface area (Å²) in [5, 5.41) is 0. The van der Waals surface area contributed by atoms with Crippen molar-refractivity contribution in [1.82, 2.24) is 0 Å². The van der Waals surface area contributed by atoms with E-state index in [9.17, 15) is 0 Å². The molecule has 27 heavy (non-hydrogen) atoms. The van der Waals surface area contributed by atoms with Crippen LogP contribution in [0.5, 0.6) is 5.75 Å². The van der Waals surface area contributed by atoms with Crippen LogP contribution in [0.15, 0.2) is 42.5 Å². The van der Waals surface area contributed by atoms with E-state index in [1.54, 1.807) is 7.11 Å². The average molecular weight is 365 g/mol. The van der Waals surface area contributed by atoms with Gasteiger partial charge in [0, 0.05) is 0 Å². The maximum Gasteiger partial charge on any atom is 0.119 e. The molecule has 1 aliphatic rings. The van der Waals surface area contributed by atoms with E-state index in [0.717, 1.165) is 24.0 Å². The van der Waals surface area contributed by atoms with Gasteiger partial charge in [0.05, 0.1) is 7.11 Å². The highest BCUT2D eigenvalue weighted by atomic mass is 16.5. The van der Waals surface area contributed by atoms with Gasteiger partial charge >= 0.3 is 0 Å². The summed E-state index contributed by atoms with van der Waals surface area (Å²) in [6.07, 6.45) is 12.3. The van der Waals surface area contributed by atoms with E-state index in [0.29, 0.717) is 0 Å². The van der Waals surface area contributed by atoms with Crippen molar-refractivity contribution in [2.75, 3.05) is 7.11 Å². The molecule has 0 heterocycles. The first-order valence-corrected chi connectivity index (χ1v) is 11.0. The van der Waals surface area contributed by atoms with Crippen molar-refractivity contribution in [2.24, 2.45) is 5.92 Å². The lowest BCUT2D eigenvalue weighted by Crippen LogP contribution is -2.13. The minimum absolute atomic E-state index is 0.767. The van der Waals surface area contributed by atoms with Gasteiger partial charge in [0.2, 0.25) is 0 Å². The monoisotopic (exact) mass is 364 g/mol. The van der Waals surface area contributed by atoms with Crippen molar-refractivity contribution in [3.05, 3.63) is 53.6 Å². The van der Waals surface area contributed by atoms with E-state index in [-0.39, 0.29) is 0 Å². The topological polar surface area (TPSA) is 9.23 Å². The second-order valence-corrected chi connectivity index (χ2v) is 8.21. The Morgan fingerprint density at radius 2 is 1.63 bits per heavy atom. The predicted molar refractivity (Wildman–Crippen MR) is 117 cm³/mol. The first-order valence-electron chi connectivity index (χ1n) is 11.0. The Bertz CT molecular complexity index is 693. The molecule has 0 aromatic heterocycles. The largest absolute Gasteiger partial charge is 0.497 e. The molecular formula is C26H36O. The first-order chi connectivity index (χ1) is 13.2. The van der Waals surface area contributed by atoms with Crippen LogP contribution >= 0.6 is 0 Å². The van der Waals surface area contributed by atoms with Gasteiger partial charge in [-0.2, -0.15) is 0 Å². The molecule has 2 aromatic carbocycles. The fourth-order valence-electron chi connectivity index (χ4n) is 4.67. The van der Waals surface area contributed by atoms with Crippen LogP contribution in [0.2, 0.25) is 0 Å². The molecule has 146 valence electrons. The summed E-state index contributed by atoms with van der Waals surface area (Å²) in [6.45, 7) is 4.52. The zero-order valence-corrected chi connectivity index (χ0v) is 17.5. The molecule has 1 heteroatoms. The van der Waals surface area contributed by atoms with Crippen molar-refractivity contribution in [3.8, 4) is 16.9 Å². The average Bonchev–Trinajstić information content (AvgIpc) is 2.74. The van der Waals surface area contributed by atoms with Gasteiger partial charge in [0.15, 0.2) is 0 Å². The lowest BCUT2D eigenvalue weighted by atomic mass is 9.77. The van der Waals surface area contributed by atoms with Crippen molar-refractivity contribution < 1.29 is 4.74 Å². The minimum Gasteiger partial charge on any atom is -0.497 e. The van der Waals surface area contributed by atoms with E-state index < -0.39 is 0 Å². The van der Waals surface area contributed by atoms with Crippen LogP contribution in [0.3, 0.4) is 0 Å². The second kappa shape index (κ2) is 9.97. The van der Waals surface area contributed by atoms with Crippen LogP contribution in [0, 0.1) is 5.92 Å². The zero-order valence-electron chi connectivity index (χ0n) is 17.5. The normalized spacial score (nSPS) is 19.8. The van der Waals surface area contributed by atoms with E-state index >= 15 is 0 Å². The van der Waals surface area contributed by atoms with Gasteiger partial charge in [-0.15, -0.1) is 0 Å². The Morgan fingerprint density at radius 3 is 2.26 bits per heavy atom. The summed E-state index contributed by atoms with van der Waals surface area (Å²) in [6, 6.07) is 15.8. The Balaban J connectivity index is 1.63. The number of benzene rings is 2. The van der Waals surface area contributed by atoms with Crippen molar-refractivity contribution in [1.29, 1.82) is 0 Å². The van der Waals surface area contributed by atoms with Crippen LogP contribution in [0.4, 0.5) is 0 Å². The van der Waals surface area contributed by atoms with Crippen molar-refractivity contribution >= 4 is 0 Å². The lowest BCUT2D eigenvalue weighted by molar-refractivity contribution is 0.303.